The summed E-state index contributed by atoms with van der Waals surface area (Å²) in [6.45, 7) is 2.82. The number of benzene rings is 1. The fourth-order valence-electron chi connectivity index (χ4n) is 1.84. The molecule has 0 aliphatic rings. The monoisotopic (exact) mass is 322 g/mol. The lowest BCUT2D eigenvalue weighted by molar-refractivity contribution is 0.0989. The maximum Gasteiger partial charge on any atom is 0.170 e. The molecule has 0 atom stereocenters. The number of hydrogen-bond acceptors (Lipinski definition) is 4. The van der Waals surface area contributed by atoms with Gasteiger partial charge in [0.15, 0.2) is 5.78 Å². The Hall–Kier alpha value is -1.69. The third-order valence-corrected chi connectivity index (χ3v) is 3.15. The summed E-state index contributed by atoms with van der Waals surface area (Å²) < 4.78 is 2.56. The minimum Gasteiger partial charge on any atom is -0.399 e. The van der Waals surface area contributed by atoms with Crippen molar-refractivity contribution in [2.75, 3.05) is 5.73 Å². The summed E-state index contributed by atoms with van der Waals surface area (Å²) in [6, 6.07) is 5.20. The number of hydrogen-bond donors (Lipinski definition) is 1. The first-order valence-corrected chi connectivity index (χ1v) is 6.85. The molecule has 0 saturated heterocycles. The summed E-state index contributed by atoms with van der Waals surface area (Å²) in [7, 11) is 0. The number of aryl methyl sites for hydroxylation is 1. The fourth-order valence-corrected chi connectivity index (χ4v) is 2.35. The van der Waals surface area contributed by atoms with Crippen LogP contribution in [-0.4, -0.2) is 20.5 Å². The van der Waals surface area contributed by atoms with Crippen LogP contribution in [0.2, 0.25) is 0 Å². The number of rotatable bonds is 5. The van der Waals surface area contributed by atoms with Gasteiger partial charge in [0.1, 0.15) is 12.2 Å². The van der Waals surface area contributed by atoms with Gasteiger partial charge in [-0.1, -0.05) is 22.9 Å². The zero-order valence-corrected chi connectivity index (χ0v) is 12.2. The Bertz CT molecular complexity index is 574. The van der Waals surface area contributed by atoms with Crippen LogP contribution in [0, 0.1) is 0 Å². The molecule has 100 valence electrons. The molecule has 19 heavy (non-hydrogen) atoms. The second-order valence-corrected chi connectivity index (χ2v) is 5.19. The Labute approximate surface area is 120 Å². The van der Waals surface area contributed by atoms with E-state index in [0.717, 1.165) is 17.4 Å². The van der Waals surface area contributed by atoms with Crippen molar-refractivity contribution in [3.8, 4) is 0 Å². The number of nitrogens with zero attached hydrogens (tertiary/aromatic N) is 3. The standard InChI is InChI=1S/C13H15BrN4O/c1-2-3-18-13(16-8-17-18)7-12(19)9-4-10(14)6-11(15)5-9/h4-6,8H,2-3,7,15H2,1H3. The van der Waals surface area contributed by atoms with Crippen LogP contribution < -0.4 is 5.73 Å². The third kappa shape index (κ3) is 3.41. The molecule has 5 nitrogen and oxygen atoms in total. The first kappa shape index (κ1) is 13.7. The van der Waals surface area contributed by atoms with Gasteiger partial charge in [-0.25, -0.2) is 9.67 Å². The number of nitrogen functional groups attached to an aromatic ring is 1. The van der Waals surface area contributed by atoms with E-state index < -0.39 is 0 Å². The summed E-state index contributed by atoms with van der Waals surface area (Å²) in [4.78, 5) is 16.3. The summed E-state index contributed by atoms with van der Waals surface area (Å²) in [5.74, 6) is 0.670. The van der Waals surface area contributed by atoms with Crippen molar-refractivity contribution < 1.29 is 4.79 Å². The molecule has 0 radical (unpaired) electrons. The largest absolute Gasteiger partial charge is 0.399 e. The van der Waals surface area contributed by atoms with Crippen LogP contribution in [0.1, 0.15) is 29.5 Å². The Morgan fingerprint density at radius 3 is 2.89 bits per heavy atom. The number of carbonyl (C=O) groups is 1. The molecule has 2 N–H and O–H groups in total. The van der Waals surface area contributed by atoms with Crippen LogP contribution in [0.5, 0.6) is 0 Å². The molecule has 0 aliphatic carbocycles. The van der Waals surface area contributed by atoms with E-state index in [9.17, 15) is 4.79 Å². The molecule has 6 heteroatoms. The van der Waals surface area contributed by atoms with Crippen LogP contribution in [0.4, 0.5) is 5.69 Å². The number of aromatic nitrogens is 3. The Morgan fingerprint density at radius 1 is 1.42 bits per heavy atom. The first-order valence-electron chi connectivity index (χ1n) is 6.06. The lowest BCUT2D eigenvalue weighted by Gasteiger charge is -2.05. The summed E-state index contributed by atoms with van der Waals surface area (Å²) in [5.41, 5.74) is 6.88. The van der Waals surface area contributed by atoms with E-state index in [1.807, 2.05) is 0 Å². The molecule has 2 aromatic rings. The third-order valence-electron chi connectivity index (χ3n) is 2.69. The van der Waals surface area contributed by atoms with Crippen LogP contribution >= 0.6 is 15.9 Å². The van der Waals surface area contributed by atoms with Gasteiger partial charge in [0.2, 0.25) is 0 Å². The second kappa shape index (κ2) is 5.97. The van der Waals surface area contributed by atoms with Crippen molar-refractivity contribution in [1.29, 1.82) is 0 Å². The highest BCUT2D eigenvalue weighted by molar-refractivity contribution is 9.10. The number of nitrogens with two attached hydrogens (primary N) is 1. The van der Waals surface area contributed by atoms with E-state index in [0.29, 0.717) is 17.1 Å². The predicted octanol–water partition coefficient (Wildman–Crippen LogP) is 2.46. The highest BCUT2D eigenvalue weighted by Crippen LogP contribution is 2.18. The van der Waals surface area contributed by atoms with Gasteiger partial charge in [-0.05, 0) is 24.6 Å². The molecule has 1 aromatic carbocycles. The maximum atomic E-state index is 12.2. The topological polar surface area (TPSA) is 73.8 Å². The highest BCUT2D eigenvalue weighted by Gasteiger charge is 2.13. The van der Waals surface area contributed by atoms with Gasteiger partial charge in [0, 0.05) is 22.3 Å². The molecule has 0 spiro atoms. The van der Waals surface area contributed by atoms with Gasteiger partial charge in [-0.15, -0.1) is 0 Å². The SMILES string of the molecule is CCCn1ncnc1CC(=O)c1cc(N)cc(Br)c1. The Balaban J connectivity index is 2.18. The summed E-state index contributed by atoms with van der Waals surface area (Å²) in [6.07, 6.45) is 2.66. The van der Waals surface area contributed by atoms with Crippen molar-refractivity contribution in [3.63, 3.8) is 0 Å². The van der Waals surface area contributed by atoms with Crippen molar-refractivity contribution >= 4 is 27.4 Å². The smallest absolute Gasteiger partial charge is 0.170 e. The van der Waals surface area contributed by atoms with E-state index in [1.165, 1.54) is 6.33 Å². The lowest BCUT2D eigenvalue weighted by atomic mass is 10.1. The zero-order chi connectivity index (χ0) is 13.8. The van der Waals surface area contributed by atoms with Crippen molar-refractivity contribution in [2.24, 2.45) is 0 Å². The highest BCUT2D eigenvalue weighted by atomic mass is 79.9. The van der Waals surface area contributed by atoms with Crippen LogP contribution in [0.3, 0.4) is 0 Å². The number of halogens is 1. The van der Waals surface area contributed by atoms with E-state index in [2.05, 4.69) is 32.9 Å². The molecule has 0 bridgehead atoms. The van der Waals surface area contributed by atoms with Gasteiger partial charge < -0.3 is 5.73 Å². The van der Waals surface area contributed by atoms with E-state index in [-0.39, 0.29) is 12.2 Å². The minimum absolute atomic E-state index is 0.0154. The predicted molar refractivity (Wildman–Crippen MR) is 76.9 cm³/mol. The molecule has 0 amide bonds. The first-order chi connectivity index (χ1) is 9.10. The van der Waals surface area contributed by atoms with Gasteiger partial charge >= 0.3 is 0 Å². The van der Waals surface area contributed by atoms with Crippen molar-refractivity contribution in [1.82, 2.24) is 14.8 Å². The average Bonchev–Trinajstić information content (AvgIpc) is 2.76. The van der Waals surface area contributed by atoms with Crippen molar-refractivity contribution in [3.05, 3.63) is 40.4 Å². The van der Waals surface area contributed by atoms with Gasteiger partial charge in [0.05, 0.1) is 6.42 Å². The summed E-state index contributed by atoms with van der Waals surface area (Å²) in [5, 5.41) is 4.11. The quantitative estimate of drug-likeness (QED) is 0.677. The molecule has 0 aliphatic heterocycles. The summed E-state index contributed by atoms with van der Waals surface area (Å²) >= 11 is 3.33. The molecule has 1 heterocycles. The normalized spacial score (nSPS) is 10.6. The van der Waals surface area contributed by atoms with Gasteiger partial charge in [0.25, 0.3) is 0 Å². The van der Waals surface area contributed by atoms with Gasteiger partial charge in [-0.3, -0.25) is 4.79 Å². The number of Topliss-reactive ketones (excluding diaryl/α,β-unsaturated/α-hetero) is 1. The fraction of sp³-hybridized carbons (Fsp3) is 0.308. The molecule has 0 unspecified atom stereocenters. The lowest BCUT2D eigenvalue weighted by Crippen LogP contribution is -2.11. The molecule has 1 aromatic heterocycles. The molecular weight excluding hydrogens is 308 g/mol. The molecular formula is C13H15BrN4O. The minimum atomic E-state index is -0.0154. The molecule has 2 rings (SSSR count). The number of anilines is 1. The second-order valence-electron chi connectivity index (χ2n) is 4.27. The number of carbonyl (C=O) groups excluding carboxylic acids is 1. The molecule has 0 saturated carbocycles. The van der Waals surface area contributed by atoms with Crippen LogP contribution in [0.25, 0.3) is 0 Å². The van der Waals surface area contributed by atoms with E-state index in [4.69, 9.17) is 5.73 Å². The van der Waals surface area contributed by atoms with Crippen LogP contribution in [0.15, 0.2) is 29.0 Å². The Morgan fingerprint density at radius 2 is 2.21 bits per heavy atom. The van der Waals surface area contributed by atoms with Crippen LogP contribution in [-0.2, 0) is 13.0 Å². The van der Waals surface area contributed by atoms with Gasteiger partial charge in [-0.2, -0.15) is 5.10 Å². The average molecular weight is 323 g/mol. The van der Waals surface area contributed by atoms with E-state index in [1.54, 1.807) is 22.9 Å². The maximum absolute atomic E-state index is 12.2. The zero-order valence-electron chi connectivity index (χ0n) is 10.6. The molecule has 0 fully saturated rings. The Kier molecular flexibility index (Phi) is 4.31. The number of ketones is 1. The van der Waals surface area contributed by atoms with E-state index >= 15 is 0 Å². The van der Waals surface area contributed by atoms with Crippen molar-refractivity contribution in [2.45, 2.75) is 26.3 Å².